The van der Waals surface area contributed by atoms with Crippen molar-refractivity contribution in [1.82, 2.24) is 9.78 Å². The first-order valence-electron chi connectivity index (χ1n) is 6.26. The van der Waals surface area contributed by atoms with E-state index in [1.54, 1.807) is 4.68 Å². The number of carbonyl (C=O) groups excluding carboxylic acids is 1. The third-order valence-corrected chi connectivity index (χ3v) is 3.14. The van der Waals surface area contributed by atoms with Crippen LogP contribution in [0.25, 0.3) is 11.1 Å². The van der Waals surface area contributed by atoms with Gasteiger partial charge in [0.25, 0.3) is 0 Å². The minimum absolute atomic E-state index is 0.116. The minimum Gasteiger partial charge on any atom is -0.469 e. The minimum atomic E-state index is -0.170. The largest absolute Gasteiger partial charge is 0.469 e. The van der Waals surface area contributed by atoms with Gasteiger partial charge >= 0.3 is 5.97 Å². The number of rotatable bonds is 4. The number of aryl methyl sites for hydroxylation is 1. The first-order valence-corrected chi connectivity index (χ1v) is 6.26. The summed E-state index contributed by atoms with van der Waals surface area (Å²) in [7, 11) is 3.32. The van der Waals surface area contributed by atoms with E-state index in [1.807, 2.05) is 38.5 Å². The van der Waals surface area contributed by atoms with Crippen molar-refractivity contribution in [2.45, 2.75) is 13.3 Å². The van der Waals surface area contributed by atoms with Crippen LogP contribution in [0.15, 0.2) is 36.7 Å². The molecule has 0 aliphatic rings. The highest BCUT2D eigenvalue weighted by Gasteiger charge is 2.13. The monoisotopic (exact) mass is 258 g/mol. The molecule has 0 saturated carbocycles. The Kier molecular flexibility index (Phi) is 4.00. The normalized spacial score (nSPS) is 12.2. The standard InChI is InChI=1S/C15H18N2O2/c1-11(15(18)19-3)8-12-4-6-13(7-5-12)14-9-16-17(2)10-14/h4-7,9-11H,8H2,1-3H3/t11-/m0/s1. The van der Waals surface area contributed by atoms with Crippen molar-refractivity contribution >= 4 is 5.97 Å². The summed E-state index contributed by atoms with van der Waals surface area (Å²) >= 11 is 0. The molecule has 0 spiro atoms. The number of methoxy groups -OCH3 is 1. The molecule has 1 aromatic carbocycles. The molecule has 100 valence electrons. The topological polar surface area (TPSA) is 44.1 Å². The van der Waals surface area contributed by atoms with Crippen LogP contribution in [0.3, 0.4) is 0 Å². The first-order chi connectivity index (χ1) is 9.10. The molecule has 0 aliphatic carbocycles. The average molecular weight is 258 g/mol. The van der Waals surface area contributed by atoms with E-state index in [-0.39, 0.29) is 11.9 Å². The quantitative estimate of drug-likeness (QED) is 0.791. The van der Waals surface area contributed by atoms with E-state index in [1.165, 1.54) is 7.11 Å². The van der Waals surface area contributed by atoms with Crippen molar-refractivity contribution in [3.63, 3.8) is 0 Å². The lowest BCUT2D eigenvalue weighted by atomic mass is 9.99. The molecule has 4 nitrogen and oxygen atoms in total. The molecule has 1 heterocycles. The summed E-state index contributed by atoms with van der Waals surface area (Å²) in [5.41, 5.74) is 3.35. The molecule has 4 heteroatoms. The van der Waals surface area contributed by atoms with Crippen molar-refractivity contribution < 1.29 is 9.53 Å². The first kappa shape index (κ1) is 13.3. The molecule has 0 saturated heterocycles. The molecule has 0 radical (unpaired) electrons. The molecule has 1 atom stereocenters. The van der Waals surface area contributed by atoms with Crippen LogP contribution in [-0.4, -0.2) is 22.9 Å². The highest BCUT2D eigenvalue weighted by atomic mass is 16.5. The molecule has 0 amide bonds. The van der Waals surface area contributed by atoms with E-state index in [4.69, 9.17) is 4.74 Å². The summed E-state index contributed by atoms with van der Waals surface area (Å²) < 4.78 is 6.51. The SMILES string of the molecule is COC(=O)[C@@H](C)Cc1ccc(-c2cnn(C)c2)cc1. The van der Waals surface area contributed by atoms with Gasteiger partial charge in [-0.15, -0.1) is 0 Å². The van der Waals surface area contributed by atoms with Gasteiger partial charge in [-0.2, -0.15) is 5.10 Å². The molecule has 0 bridgehead atoms. The molecular weight excluding hydrogens is 240 g/mol. The zero-order valence-electron chi connectivity index (χ0n) is 11.5. The number of hydrogen-bond donors (Lipinski definition) is 0. The van der Waals surface area contributed by atoms with Gasteiger partial charge in [0.05, 0.1) is 19.2 Å². The second kappa shape index (κ2) is 5.69. The summed E-state index contributed by atoms with van der Waals surface area (Å²) in [5, 5.41) is 4.15. The van der Waals surface area contributed by atoms with Crippen LogP contribution in [0.5, 0.6) is 0 Å². The lowest BCUT2D eigenvalue weighted by Crippen LogP contribution is -2.14. The number of carbonyl (C=O) groups is 1. The van der Waals surface area contributed by atoms with Crippen LogP contribution in [0.4, 0.5) is 0 Å². The second-order valence-corrected chi connectivity index (χ2v) is 4.73. The number of benzene rings is 1. The number of ether oxygens (including phenoxy) is 1. The van der Waals surface area contributed by atoms with Gasteiger partial charge < -0.3 is 4.74 Å². The second-order valence-electron chi connectivity index (χ2n) is 4.73. The molecule has 0 fully saturated rings. The van der Waals surface area contributed by atoms with E-state index in [2.05, 4.69) is 17.2 Å². The molecule has 1 aromatic heterocycles. The summed E-state index contributed by atoms with van der Waals surface area (Å²) in [5.74, 6) is -0.287. The third kappa shape index (κ3) is 3.22. The third-order valence-electron chi connectivity index (χ3n) is 3.14. The average Bonchev–Trinajstić information content (AvgIpc) is 2.85. The smallest absolute Gasteiger partial charge is 0.308 e. The maximum atomic E-state index is 11.4. The number of aromatic nitrogens is 2. The fourth-order valence-corrected chi connectivity index (χ4v) is 2.04. The molecule has 0 unspecified atom stereocenters. The van der Waals surface area contributed by atoms with Crippen molar-refractivity contribution in [3.8, 4) is 11.1 Å². The van der Waals surface area contributed by atoms with Gasteiger partial charge in [-0.1, -0.05) is 31.2 Å². The van der Waals surface area contributed by atoms with Gasteiger partial charge in [0.2, 0.25) is 0 Å². The van der Waals surface area contributed by atoms with Gasteiger partial charge in [-0.3, -0.25) is 9.48 Å². The highest BCUT2D eigenvalue weighted by molar-refractivity contribution is 5.72. The van der Waals surface area contributed by atoms with E-state index in [0.29, 0.717) is 6.42 Å². The Morgan fingerprint density at radius 2 is 2.00 bits per heavy atom. The fraction of sp³-hybridized carbons (Fsp3) is 0.333. The maximum absolute atomic E-state index is 11.4. The van der Waals surface area contributed by atoms with Crippen molar-refractivity contribution in [1.29, 1.82) is 0 Å². The van der Waals surface area contributed by atoms with Gasteiger partial charge in [0, 0.05) is 18.8 Å². The van der Waals surface area contributed by atoms with Gasteiger partial charge in [-0.25, -0.2) is 0 Å². The predicted octanol–water partition coefficient (Wildman–Crippen LogP) is 2.44. The van der Waals surface area contributed by atoms with E-state index in [9.17, 15) is 4.79 Å². The van der Waals surface area contributed by atoms with Crippen LogP contribution in [0.2, 0.25) is 0 Å². The van der Waals surface area contributed by atoms with Crippen molar-refractivity contribution in [2.24, 2.45) is 13.0 Å². The van der Waals surface area contributed by atoms with E-state index < -0.39 is 0 Å². The maximum Gasteiger partial charge on any atom is 0.308 e. The van der Waals surface area contributed by atoms with Crippen molar-refractivity contribution in [3.05, 3.63) is 42.2 Å². The Morgan fingerprint density at radius 1 is 1.32 bits per heavy atom. The summed E-state index contributed by atoms with van der Waals surface area (Å²) in [4.78, 5) is 11.4. The zero-order chi connectivity index (χ0) is 13.8. The summed E-state index contributed by atoms with van der Waals surface area (Å²) in [6, 6.07) is 8.19. The zero-order valence-corrected chi connectivity index (χ0v) is 11.5. The van der Waals surface area contributed by atoms with Gasteiger partial charge in [-0.05, 0) is 17.5 Å². The van der Waals surface area contributed by atoms with E-state index >= 15 is 0 Å². The van der Waals surface area contributed by atoms with Crippen LogP contribution in [-0.2, 0) is 23.0 Å². The lowest BCUT2D eigenvalue weighted by molar-refractivity contribution is -0.144. The van der Waals surface area contributed by atoms with E-state index in [0.717, 1.165) is 16.7 Å². The van der Waals surface area contributed by atoms with Crippen LogP contribution < -0.4 is 0 Å². The van der Waals surface area contributed by atoms with Crippen molar-refractivity contribution in [2.75, 3.05) is 7.11 Å². The van der Waals surface area contributed by atoms with Crippen LogP contribution in [0, 0.1) is 5.92 Å². The lowest BCUT2D eigenvalue weighted by Gasteiger charge is -2.09. The molecular formula is C15H18N2O2. The predicted molar refractivity (Wildman–Crippen MR) is 73.5 cm³/mol. The summed E-state index contributed by atoms with van der Waals surface area (Å²) in [6.07, 6.45) is 4.51. The molecule has 19 heavy (non-hydrogen) atoms. The molecule has 0 aliphatic heterocycles. The van der Waals surface area contributed by atoms with Crippen LogP contribution in [0.1, 0.15) is 12.5 Å². The molecule has 2 rings (SSSR count). The number of esters is 1. The molecule has 2 aromatic rings. The number of nitrogens with zero attached hydrogens (tertiary/aromatic N) is 2. The number of hydrogen-bond acceptors (Lipinski definition) is 3. The Bertz CT molecular complexity index is 558. The van der Waals surface area contributed by atoms with Crippen LogP contribution >= 0.6 is 0 Å². The Hall–Kier alpha value is -2.10. The highest BCUT2D eigenvalue weighted by Crippen LogP contribution is 2.20. The Balaban J connectivity index is 2.08. The Labute approximate surface area is 113 Å². The van der Waals surface area contributed by atoms with Gasteiger partial charge in [0.1, 0.15) is 0 Å². The summed E-state index contributed by atoms with van der Waals surface area (Å²) in [6.45, 7) is 1.88. The van der Waals surface area contributed by atoms with Gasteiger partial charge in [0.15, 0.2) is 0 Å². The Morgan fingerprint density at radius 3 is 2.53 bits per heavy atom. The fourth-order valence-electron chi connectivity index (χ4n) is 2.04. The molecule has 0 N–H and O–H groups in total.